The molecule has 1 saturated heterocycles. The highest BCUT2D eigenvalue weighted by molar-refractivity contribution is 7.09. The first-order valence-corrected chi connectivity index (χ1v) is 8.33. The molecule has 7 heteroatoms. The Bertz CT molecular complexity index is 758. The third-order valence-corrected chi connectivity index (χ3v) is 4.93. The number of hydrogen-bond acceptors (Lipinski definition) is 6. The highest BCUT2D eigenvalue weighted by Crippen LogP contribution is 2.21. The molecule has 0 N–H and O–H groups in total. The molecule has 3 aromatic heterocycles. The summed E-state index contributed by atoms with van der Waals surface area (Å²) in [6.45, 7) is 4.07. The number of aromatic nitrogens is 4. The molecule has 0 saturated carbocycles. The fraction of sp³-hybridized carbons (Fsp3) is 0.400. The summed E-state index contributed by atoms with van der Waals surface area (Å²) in [6.07, 6.45) is 4.65. The lowest BCUT2D eigenvalue weighted by atomic mass is 10.2. The van der Waals surface area contributed by atoms with Gasteiger partial charge in [0.2, 0.25) is 5.65 Å². The van der Waals surface area contributed by atoms with Crippen LogP contribution in [0.15, 0.2) is 30.0 Å². The average Bonchev–Trinajstić information content (AvgIpc) is 3.18. The molecule has 0 bridgehead atoms. The van der Waals surface area contributed by atoms with Gasteiger partial charge < -0.3 is 9.80 Å². The molecule has 3 aromatic rings. The smallest absolute Gasteiger partial charge is 0.203 e. The Kier molecular flexibility index (Phi) is 3.51. The van der Waals surface area contributed by atoms with E-state index in [9.17, 15) is 0 Å². The Morgan fingerprint density at radius 1 is 1.23 bits per heavy atom. The maximum absolute atomic E-state index is 4.89. The van der Waals surface area contributed by atoms with Crippen molar-refractivity contribution in [3.63, 3.8) is 0 Å². The maximum atomic E-state index is 4.89. The predicted molar refractivity (Wildman–Crippen MR) is 87.6 cm³/mol. The van der Waals surface area contributed by atoms with E-state index in [1.165, 1.54) is 4.88 Å². The number of rotatable bonds is 3. The predicted octanol–water partition coefficient (Wildman–Crippen LogP) is 1.53. The van der Waals surface area contributed by atoms with Crippen molar-refractivity contribution >= 4 is 22.8 Å². The van der Waals surface area contributed by atoms with Crippen molar-refractivity contribution in [2.45, 2.75) is 6.42 Å². The van der Waals surface area contributed by atoms with Crippen LogP contribution in [0.4, 0.5) is 5.82 Å². The second kappa shape index (κ2) is 5.66. The van der Waals surface area contributed by atoms with Gasteiger partial charge in [-0.05, 0) is 18.5 Å². The van der Waals surface area contributed by atoms with E-state index in [2.05, 4.69) is 44.6 Å². The van der Waals surface area contributed by atoms with Crippen molar-refractivity contribution < 1.29 is 0 Å². The molecule has 0 aromatic carbocycles. The summed E-state index contributed by atoms with van der Waals surface area (Å²) < 4.78 is 1.99. The molecule has 0 amide bonds. The molecule has 0 radical (unpaired) electrons. The molecule has 0 atom stereocenters. The number of anilines is 1. The van der Waals surface area contributed by atoms with E-state index in [1.54, 1.807) is 17.7 Å². The first-order valence-electron chi connectivity index (χ1n) is 7.45. The zero-order chi connectivity index (χ0) is 14.9. The molecule has 0 aliphatic carbocycles. The summed E-state index contributed by atoms with van der Waals surface area (Å²) in [6, 6.07) is 4.23. The van der Waals surface area contributed by atoms with Crippen molar-refractivity contribution in [1.29, 1.82) is 0 Å². The second-order valence-electron chi connectivity index (χ2n) is 5.66. The summed E-state index contributed by atoms with van der Waals surface area (Å²) >= 11 is 1.77. The largest absolute Gasteiger partial charge is 0.351 e. The standard InChI is InChI=1S/C15H18N6S/c1-19-4-6-20(7-5-19)14-15-18-16-11-21(15)10-12(17-14)9-13-3-2-8-22-13/h2-3,8,10-11H,4-7,9H2,1H3. The van der Waals surface area contributed by atoms with E-state index < -0.39 is 0 Å². The van der Waals surface area contributed by atoms with Gasteiger partial charge in [0.25, 0.3) is 0 Å². The topological polar surface area (TPSA) is 49.6 Å². The Balaban J connectivity index is 1.71. The lowest BCUT2D eigenvalue weighted by Crippen LogP contribution is -2.45. The summed E-state index contributed by atoms with van der Waals surface area (Å²) in [5, 5.41) is 10.4. The van der Waals surface area contributed by atoms with E-state index in [1.807, 2.05) is 10.6 Å². The van der Waals surface area contributed by atoms with Gasteiger partial charge in [0.1, 0.15) is 6.33 Å². The first kappa shape index (κ1) is 13.7. The molecule has 4 rings (SSSR count). The maximum Gasteiger partial charge on any atom is 0.203 e. The van der Waals surface area contributed by atoms with Crippen LogP contribution in [0.5, 0.6) is 0 Å². The highest BCUT2D eigenvalue weighted by atomic mass is 32.1. The molecular weight excluding hydrogens is 296 g/mol. The van der Waals surface area contributed by atoms with Crippen LogP contribution in [0, 0.1) is 0 Å². The first-order chi connectivity index (χ1) is 10.8. The highest BCUT2D eigenvalue weighted by Gasteiger charge is 2.20. The van der Waals surface area contributed by atoms with Crippen molar-refractivity contribution in [2.24, 2.45) is 0 Å². The normalized spacial score (nSPS) is 16.5. The number of piperazine rings is 1. The number of fused-ring (bicyclic) bond motifs is 1. The summed E-state index contributed by atoms with van der Waals surface area (Å²) in [5.41, 5.74) is 1.91. The summed E-state index contributed by atoms with van der Waals surface area (Å²) in [7, 11) is 2.16. The van der Waals surface area contributed by atoms with E-state index in [-0.39, 0.29) is 0 Å². The Hall–Kier alpha value is -1.99. The summed E-state index contributed by atoms with van der Waals surface area (Å²) in [4.78, 5) is 10.9. The minimum absolute atomic E-state index is 0.847. The van der Waals surface area contributed by atoms with Crippen LogP contribution in [0.25, 0.3) is 5.65 Å². The van der Waals surface area contributed by atoms with Gasteiger partial charge in [-0.15, -0.1) is 21.5 Å². The molecule has 1 aliphatic rings. The zero-order valence-corrected chi connectivity index (χ0v) is 13.3. The second-order valence-corrected chi connectivity index (χ2v) is 6.70. The summed E-state index contributed by atoms with van der Waals surface area (Å²) in [5.74, 6) is 0.958. The van der Waals surface area contributed by atoms with E-state index in [0.717, 1.165) is 49.8 Å². The van der Waals surface area contributed by atoms with Gasteiger partial charge in [-0.2, -0.15) is 0 Å². The van der Waals surface area contributed by atoms with Gasteiger partial charge in [0, 0.05) is 43.7 Å². The molecule has 0 spiro atoms. The number of nitrogens with zero attached hydrogens (tertiary/aromatic N) is 6. The zero-order valence-electron chi connectivity index (χ0n) is 12.5. The third-order valence-electron chi connectivity index (χ3n) is 4.05. The Labute approximate surface area is 133 Å². The van der Waals surface area contributed by atoms with Gasteiger partial charge in [0.05, 0.1) is 5.69 Å². The molecule has 4 heterocycles. The number of likely N-dealkylation sites (N-methyl/N-ethyl adjacent to an activating group) is 1. The quantitative estimate of drug-likeness (QED) is 0.734. The van der Waals surface area contributed by atoms with Crippen LogP contribution in [-0.4, -0.2) is 57.7 Å². The van der Waals surface area contributed by atoms with Crippen LogP contribution in [0.3, 0.4) is 0 Å². The fourth-order valence-corrected chi connectivity index (χ4v) is 3.50. The third kappa shape index (κ3) is 2.57. The molecular formula is C15H18N6S. The van der Waals surface area contributed by atoms with Crippen LogP contribution in [-0.2, 0) is 6.42 Å². The molecule has 1 fully saturated rings. The Morgan fingerprint density at radius 3 is 2.86 bits per heavy atom. The lowest BCUT2D eigenvalue weighted by Gasteiger charge is -2.33. The van der Waals surface area contributed by atoms with Crippen LogP contribution < -0.4 is 4.90 Å². The van der Waals surface area contributed by atoms with Crippen molar-refractivity contribution in [3.8, 4) is 0 Å². The van der Waals surface area contributed by atoms with Crippen molar-refractivity contribution in [2.75, 3.05) is 38.1 Å². The van der Waals surface area contributed by atoms with Crippen molar-refractivity contribution in [1.82, 2.24) is 24.5 Å². The van der Waals surface area contributed by atoms with Gasteiger partial charge >= 0.3 is 0 Å². The molecule has 0 unspecified atom stereocenters. The molecule has 114 valence electrons. The van der Waals surface area contributed by atoms with E-state index in [4.69, 9.17) is 4.98 Å². The van der Waals surface area contributed by atoms with Gasteiger partial charge in [-0.1, -0.05) is 6.07 Å². The minimum atomic E-state index is 0.847. The minimum Gasteiger partial charge on any atom is -0.351 e. The van der Waals surface area contributed by atoms with Gasteiger partial charge in [-0.25, -0.2) is 4.98 Å². The van der Waals surface area contributed by atoms with Crippen LogP contribution >= 0.6 is 11.3 Å². The monoisotopic (exact) mass is 314 g/mol. The SMILES string of the molecule is CN1CCN(c2nc(Cc3cccs3)cn3cnnc23)CC1. The number of hydrogen-bond donors (Lipinski definition) is 0. The lowest BCUT2D eigenvalue weighted by molar-refractivity contribution is 0.312. The van der Waals surface area contributed by atoms with Gasteiger partial charge in [-0.3, -0.25) is 4.40 Å². The van der Waals surface area contributed by atoms with E-state index in [0.29, 0.717) is 0 Å². The van der Waals surface area contributed by atoms with Crippen molar-refractivity contribution in [3.05, 3.63) is 40.6 Å². The average molecular weight is 314 g/mol. The Morgan fingerprint density at radius 2 is 2.09 bits per heavy atom. The molecule has 22 heavy (non-hydrogen) atoms. The van der Waals surface area contributed by atoms with Gasteiger partial charge in [0.15, 0.2) is 5.82 Å². The fourth-order valence-electron chi connectivity index (χ4n) is 2.78. The van der Waals surface area contributed by atoms with Crippen LogP contribution in [0.2, 0.25) is 0 Å². The number of thiophene rings is 1. The molecule has 6 nitrogen and oxygen atoms in total. The molecule has 1 aliphatic heterocycles. The van der Waals surface area contributed by atoms with Crippen LogP contribution in [0.1, 0.15) is 10.6 Å². The van der Waals surface area contributed by atoms with E-state index >= 15 is 0 Å².